The van der Waals surface area contributed by atoms with Crippen LogP contribution in [0.5, 0.6) is 0 Å². The van der Waals surface area contributed by atoms with Gasteiger partial charge in [0.2, 0.25) is 5.89 Å². The van der Waals surface area contributed by atoms with Gasteiger partial charge in [-0.05, 0) is 19.1 Å². The van der Waals surface area contributed by atoms with Crippen molar-refractivity contribution in [3.8, 4) is 23.3 Å². The fourth-order valence-electron chi connectivity index (χ4n) is 1.94. The summed E-state index contributed by atoms with van der Waals surface area (Å²) in [5.41, 5.74) is 1.83. The summed E-state index contributed by atoms with van der Waals surface area (Å²) >= 11 is 1.21. The molecule has 0 bridgehead atoms. The first-order valence-electron chi connectivity index (χ1n) is 7.49. The Bertz CT molecular complexity index is 722. The third kappa shape index (κ3) is 8.13. The van der Waals surface area contributed by atoms with E-state index in [1.807, 2.05) is 37.3 Å². The van der Waals surface area contributed by atoms with E-state index in [1.165, 1.54) is 11.8 Å². The van der Waals surface area contributed by atoms with Crippen LogP contribution < -0.4 is 34.7 Å². The van der Waals surface area contributed by atoms with E-state index in [4.69, 9.17) is 9.15 Å². The van der Waals surface area contributed by atoms with Gasteiger partial charge in [-0.1, -0.05) is 30.0 Å². The molecule has 126 valence electrons. The molecular weight excluding hydrogens is 349 g/mol. The van der Waals surface area contributed by atoms with Crippen LogP contribution in [-0.2, 0) is 16.0 Å². The fourth-order valence-corrected chi connectivity index (χ4v) is 2.42. The van der Waals surface area contributed by atoms with Crippen LogP contribution in [0.3, 0.4) is 0 Å². The quantitative estimate of drug-likeness (QED) is 0.328. The van der Waals surface area contributed by atoms with Crippen molar-refractivity contribution in [2.24, 2.45) is 0 Å². The van der Waals surface area contributed by atoms with Gasteiger partial charge in [0, 0.05) is 17.7 Å². The smallest absolute Gasteiger partial charge is 0.549 e. The van der Waals surface area contributed by atoms with Crippen molar-refractivity contribution in [2.75, 3.05) is 24.7 Å². The van der Waals surface area contributed by atoms with Gasteiger partial charge in [-0.3, -0.25) is 0 Å². The minimum atomic E-state index is -1.07. The van der Waals surface area contributed by atoms with Gasteiger partial charge in [0.1, 0.15) is 12.4 Å². The molecule has 0 N–H and O–H groups in total. The number of benzene rings is 1. The third-order valence-corrected chi connectivity index (χ3v) is 3.88. The summed E-state index contributed by atoms with van der Waals surface area (Å²) in [4.78, 5) is 14.7. The molecule has 2 rings (SSSR count). The summed E-state index contributed by atoms with van der Waals surface area (Å²) in [5.74, 6) is 6.44. The zero-order valence-electron chi connectivity index (χ0n) is 14.4. The first-order valence-corrected chi connectivity index (χ1v) is 8.65. The number of thioether (sulfide) groups is 1. The van der Waals surface area contributed by atoms with E-state index in [1.54, 1.807) is 0 Å². The van der Waals surface area contributed by atoms with E-state index in [-0.39, 0.29) is 35.3 Å². The van der Waals surface area contributed by atoms with Gasteiger partial charge in [-0.15, -0.1) is 11.8 Å². The molecule has 25 heavy (non-hydrogen) atoms. The first kappa shape index (κ1) is 21.8. The van der Waals surface area contributed by atoms with Crippen LogP contribution >= 0.6 is 11.8 Å². The molecule has 0 saturated heterocycles. The Hall–Kier alpha value is -1.23. The number of rotatable bonds is 8. The number of hydrogen-bond acceptors (Lipinski definition) is 6. The number of aliphatic carboxylic acids is 1. The number of oxazole rings is 1. The van der Waals surface area contributed by atoms with Crippen LogP contribution in [-0.4, -0.2) is 35.7 Å². The van der Waals surface area contributed by atoms with Crippen LogP contribution in [0.15, 0.2) is 34.7 Å². The summed E-state index contributed by atoms with van der Waals surface area (Å²) in [6.07, 6.45) is 0.656. The molecule has 0 radical (unpaired) electrons. The normalized spacial score (nSPS) is 9.80. The summed E-state index contributed by atoms with van der Waals surface area (Å²) in [6, 6.07) is 9.76. The average molecular weight is 367 g/mol. The van der Waals surface area contributed by atoms with Gasteiger partial charge >= 0.3 is 29.6 Å². The van der Waals surface area contributed by atoms with Crippen molar-refractivity contribution in [1.29, 1.82) is 0 Å². The number of carboxylic acid groups (broad SMARTS) is 1. The van der Waals surface area contributed by atoms with Gasteiger partial charge in [0.05, 0.1) is 24.0 Å². The van der Waals surface area contributed by atoms with Gasteiger partial charge < -0.3 is 19.1 Å². The number of aromatic nitrogens is 1. The maximum Gasteiger partial charge on any atom is 1.00 e. The monoisotopic (exact) mass is 367 g/mol. The van der Waals surface area contributed by atoms with Crippen LogP contribution in [0.2, 0.25) is 0 Å². The Morgan fingerprint density at radius 2 is 2.08 bits per heavy atom. The molecular formula is C18H18NNaO4S. The molecule has 0 unspecified atom stereocenters. The first-order chi connectivity index (χ1) is 11.7. The number of aryl methyl sites for hydroxylation is 1. The number of ether oxygens (including phenoxy) is 1. The summed E-state index contributed by atoms with van der Waals surface area (Å²) in [7, 11) is 0. The second kappa shape index (κ2) is 12.2. The molecule has 0 atom stereocenters. The molecule has 0 spiro atoms. The van der Waals surface area contributed by atoms with E-state index in [2.05, 4.69) is 16.8 Å². The third-order valence-electron chi connectivity index (χ3n) is 3.09. The Balaban J connectivity index is 0.00000312. The van der Waals surface area contributed by atoms with Crippen molar-refractivity contribution >= 4 is 17.7 Å². The predicted molar refractivity (Wildman–Crippen MR) is 91.3 cm³/mol. The van der Waals surface area contributed by atoms with E-state index in [0.29, 0.717) is 31.3 Å². The van der Waals surface area contributed by atoms with Crippen LogP contribution in [0.25, 0.3) is 11.5 Å². The van der Waals surface area contributed by atoms with Crippen molar-refractivity contribution in [3.63, 3.8) is 0 Å². The van der Waals surface area contributed by atoms with Crippen molar-refractivity contribution in [1.82, 2.24) is 4.98 Å². The number of carbonyl (C=O) groups is 1. The van der Waals surface area contributed by atoms with Crippen LogP contribution in [0, 0.1) is 18.8 Å². The molecule has 1 aromatic heterocycles. The summed E-state index contributed by atoms with van der Waals surface area (Å²) in [5, 5.41) is 10.2. The molecule has 1 heterocycles. The topological polar surface area (TPSA) is 75.4 Å². The Labute approximate surface area is 173 Å². The molecule has 0 saturated carbocycles. The SMILES string of the molecule is Cc1oc(-c2ccccc2)nc1CCOCC#CCSCC(=O)[O-].[Na+]. The summed E-state index contributed by atoms with van der Waals surface area (Å²) in [6.45, 7) is 2.71. The zero-order valence-corrected chi connectivity index (χ0v) is 17.2. The van der Waals surface area contributed by atoms with Gasteiger partial charge in [0.15, 0.2) is 0 Å². The number of carbonyl (C=O) groups excluding carboxylic acids is 1. The number of nitrogens with zero attached hydrogens (tertiary/aromatic N) is 1. The van der Waals surface area contributed by atoms with Crippen molar-refractivity contribution in [3.05, 3.63) is 41.8 Å². The second-order valence-electron chi connectivity index (χ2n) is 4.91. The average Bonchev–Trinajstić information content (AvgIpc) is 2.95. The van der Waals surface area contributed by atoms with E-state index >= 15 is 0 Å². The van der Waals surface area contributed by atoms with Gasteiger partial charge in [-0.2, -0.15) is 0 Å². The van der Waals surface area contributed by atoms with Crippen LogP contribution in [0.1, 0.15) is 11.5 Å². The molecule has 0 aliphatic heterocycles. The molecule has 7 heteroatoms. The Morgan fingerprint density at radius 3 is 2.80 bits per heavy atom. The largest absolute Gasteiger partial charge is 1.00 e. The van der Waals surface area contributed by atoms with Crippen molar-refractivity contribution in [2.45, 2.75) is 13.3 Å². The molecule has 0 amide bonds. The minimum absolute atomic E-state index is 0. The van der Waals surface area contributed by atoms with E-state index < -0.39 is 5.97 Å². The minimum Gasteiger partial charge on any atom is -0.549 e. The summed E-state index contributed by atoms with van der Waals surface area (Å²) < 4.78 is 11.1. The van der Waals surface area contributed by atoms with Gasteiger partial charge in [-0.25, -0.2) is 4.98 Å². The molecule has 2 aromatic rings. The maximum atomic E-state index is 10.2. The molecule has 1 aromatic carbocycles. The Morgan fingerprint density at radius 1 is 1.32 bits per heavy atom. The number of hydrogen-bond donors (Lipinski definition) is 0. The fraction of sp³-hybridized carbons (Fsp3) is 0.333. The molecule has 0 aliphatic carbocycles. The van der Waals surface area contributed by atoms with Gasteiger partial charge in [0.25, 0.3) is 0 Å². The predicted octanol–water partition coefficient (Wildman–Crippen LogP) is -1.30. The second-order valence-corrected chi connectivity index (χ2v) is 5.89. The molecule has 5 nitrogen and oxygen atoms in total. The Kier molecular flexibility index (Phi) is 10.6. The van der Waals surface area contributed by atoms with Crippen molar-refractivity contribution < 1.29 is 48.6 Å². The maximum absolute atomic E-state index is 10.2. The van der Waals surface area contributed by atoms with Crippen LogP contribution in [0.4, 0.5) is 0 Å². The number of carboxylic acids is 1. The standard InChI is InChI=1S/C18H19NO4S.Na/c1-14-16(19-18(23-14)15-7-3-2-4-8-15)9-11-22-10-5-6-12-24-13-17(20)21;/h2-4,7-8H,9-13H2,1H3,(H,20,21);/q;+1/p-1. The molecule has 0 aliphatic rings. The van der Waals surface area contributed by atoms with E-state index in [9.17, 15) is 9.90 Å². The zero-order chi connectivity index (χ0) is 17.2. The van der Waals surface area contributed by atoms with E-state index in [0.717, 1.165) is 17.0 Å². The molecule has 0 fully saturated rings.